The predicted octanol–water partition coefficient (Wildman–Crippen LogP) is 3.29. The average molecular weight is 296 g/mol. The first-order valence-electron chi connectivity index (χ1n) is 9.09. The summed E-state index contributed by atoms with van der Waals surface area (Å²) in [5.74, 6) is 0.920. The highest BCUT2D eigenvalue weighted by Crippen LogP contribution is 2.39. The van der Waals surface area contributed by atoms with E-state index in [1.54, 1.807) is 0 Å². The summed E-state index contributed by atoms with van der Waals surface area (Å²) in [5, 5.41) is 3.71. The van der Waals surface area contributed by atoms with Crippen LogP contribution < -0.4 is 5.32 Å². The molecule has 0 aromatic rings. The largest absolute Gasteiger partial charge is 0.377 e. The summed E-state index contributed by atoms with van der Waals surface area (Å²) in [6.07, 6.45) is 8.41. The molecule has 0 spiro atoms. The smallest absolute Gasteiger partial charge is 0.0702 e. The van der Waals surface area contributed by atoms with Crippen LogP contribution in [0.5, 0.6) is 0 Å². The van der Waals surface area contributed by atoms with Crippen LogP contribution in [0.4, 0.5) is 0 Å². The summed E-state index contributed by atoms with van der Waals surface area (Å²) in [4.78, 5) is 2.60. The molecule has 1 heterocycles. The number of nitrogens with one attached hydrogen (secondary N) is 1. The van der Waals surface area contributed by atoms with Crippen molar-refractivity contribution in [1.82, 2.24) is 10.2 Å². The normalized spacial score (nSPS) is 37.3. The molecule has 1 aliphatic heterocycles. The van der Waals surface area contributed by atoms with Gasteiger partial charge in [0.1, 0.15) is 0 Å². The molecule has 1 N–H and O–H groups in total. The minimum atomic E-state index is 0.401. The Bertz CT molecular complexity index is 300. The lowest BCUT2D eigenvalue weighted by atomic mass is 9.70. The molecule has 0 amide bonds. The van der Waals surface area contributed by atoms with Crippen LogP contribution >= 0.6 is 0 Å². The van der Waals surface area contributed by atoms with Gasteiger partial charge in [-0.25, -0.2) is 0 Å². The average Bonchev–Trinajstić information content (AvgIpc) is 2.89. The van der Waals surface area contributed by atoms with Crippen molar-refractivity contribution in [2.45, 2.75) is 71.4 Å². The van der Waals surface area contributed by atoms with E-state index in [9.17, 15) is 0 Å². The maximum Gasteiger partial charge on any atom is 0.0702 e. The van der Waals surface area contributed by atoms with Crippen LogP contribution in [0.15, 0.2) is 0 Å². The first kappa shape index (κ1) is 17.2. The molecule has 1 saturated heterocycles. The summed E-state index contributed by atoms with van der Waals surface area (Å²) in [6, 6.07) is 0.618. The van der Waals surface area contributed by atoms with Gasteiger partial charge in [-0.1, -0.05) is 26.7 Å². The maximum absolute atomic E-state index is 5.77. The van der Waals surface area contributed by atoms with E-state index in [4.69, 9.17) is 4.74 Å². The van der Waals surface area contributed by atoms with E-state index >= 15 is 0 Å². The third kappa shape index (κ3) is 4.67. The first-order valence-corrected chi connectivity index (χ1v) is 9.09. The van der Waals surface area contributed by atoms with E-state index in [1.165, 1.54) is 51.6 Å². The van der Waals surface area contributed by atoms with Crippen LogP contribution in [-0.4, -0.2) is 50.3 Å². The van der Waals surface area contributed by atoms with E-state index in [0.29, 0.717) is 17.6 Å². The van der Waals surface area contributed by atoms with Gasteiger partial charge in [-0.15, -0.1) is 0 Å². The number of nitrogens with zero attached hydrogens (tertiary/aromatic N) is 1. The Morgan fingerprint density at radius 1 is 1.19 bits per heavy atom. The maximum atomic E-state index is 5.77. The van der Waals surface area contributed by atoms with Crippen LogP contribution in [0, 0.1) is 11.3 Å². The first-order chi connectivity index (χ1) is 10.1. The molecule has 3 heteroatoms. The van der Waals surface area contributed by atoms with Crippen molar-refractivity contribution in [1.29, 1.82) is 0 Å². The number of ether oxygens (including phenoxy) is 1. The van der Waals surface area contributed by atoms with Crippen molar-refractivity contribution < 1.29 is 4.74 Å². The molecule has 1 aliphatic carbocycles. The highest BCUT2D eigenvalue weighted by atomic mass is 16.5. The Morgan fingerprint density at radius 2 is 1.90 bits per heavy atom. The number of hydrogen-bond donors (Lipinski definition) is 1. The van der Waals surface area contributed by atoms with Crippen LogP contribution in [0.2, 0.25) is 0 Å². The monoisotopic (exact) mass is 296 g/mol. The fraction of sp³-hybridized carbons (Fsp3) is 1.00. The zero-order valence-corrected chi connectivity index (χ0v) is 14.7. The molecular weight excluding hydrogens is 260 g/mol. The molecule has 0 aromatic carbocycles. The van der Waals surface area contributed by atoms with Gasteiger partial charge in [0, 0.05) is 25.7 Å². The number of hydrogen-bond acceptors (Lipinski definition) is 3. The highest BCUT2D eigenvalue weighted by molar-refractivity contribution is 4.91. The van der Waals surface area contributed by atoms with Gasteiger partial charge in [0.15, 0.2) is 0 Å². The third-order valence-corrected chi connectivity index (χ3v) is 5.75. The molecule has 1 saturated carbocycles. The molecular formula is C18H36N2O. The van der Waals surface area contributed by atoms with E-state index < -0.39 is 0 Å². The topological polar surface area (TPSA) is 24.5 Å². The van der Waals surface area contributed by atoms with E-state index in [1.807, 2.05) is 0 Å². The minimum absolute atomic E-state index is 0.401. The molecule has 21 heavy (non-hydrogen) atoms. The van der Waals surface area contributed by atoms with Crippen molar-refractivity contribution in [2.24, 2.45) is 11.3 Å². The molecule has 2 rings (SSSR count). The van der Waals surface area contributed by atoms with Crippen molar-refractivity contribution in [3.05, 3.63) is 0 Å². The van der Waals surface area contributed by atoms with Gasteiger partial charge in [0.2, 0.25) is 0 Å². The Labute approximate surface area is 131 Å². The molecule has 124 valence electrons. The van der Waals surface area contributed by atoms with Gasteiger partial charge in [-0.3, -0.25) is 0 Å². The van der Waals surface area contributed by atoms with Crippen LogP contribution in [-0.2, 0) is 4.74 Å². The van der Waals surface area contributed by atoms with Gasteiger partial charge < -0.3 is 15.0 Å². The second kappa shape index (κ2) is 7.94. The summed E-state index contributed by atoms with van der Waals surface area (Å²) in [7, 11) is 2.31. The summed E-state index contributed by atoms with van der Waals surface area (Å²) in [6.45, 7) is 11.4. The van der Waals surface area contributed by atoms with E-state index in [0.717, 1.165) is 19.1 Å². The molecule has 0 bridgehead atoms. The van der Waals surface area contributed by atoms with Crippen molar-refractivity contribution in [3.63, 3.8) is 0 Å². The highest BCUT2D eigenvalue weighted by Gasteiger charge is 2.38. The fourth-order valence-corrected chi connectivity index (χ4v) is 4.24. The SMILES string of the molecule is CCCNCC1(CN(C)C2CCOC2C)CCC(C)CC1. The van der Waals surface area contributed by atoms with Crippen LogP contribution in [0.1, 0.15) is 59.3 Å². The lowest BCUT2D eigenvalue weighted by Gasteiger charge is -2.44. The van der Waals surface area contributed by atoms with E-state index in [2.05, 4.69) is 38.0 Å². The van der Waals surface area contributed by atoms with Crippen LogP contribution in [0.25, 0.3) is 0 Å². The van der Waals surface area contributed by atoms with Gasteiger partial charge in [0.25, 0.3) is 0 Å². The molecule has 2 fully saturated rings. The fourth-order valence-electron chi connectivity index (χ4n) is 4.24. The minimum Gasteiger partial charge on any atom is -0.377 e. The standard InChI is InChI=1S/C18H36N2O/c1-5-11-19-13-18(9-6-15(2)7-10-18)14-20(4)17-8-12-21-16(17)3/h15-17,19H,5-14H2,1-4H3. The molecule has 2 aliphatic rings. The molecule has 3 nitrogen and oxygen atoms in total. The Balaban J connectivity index is 1.94. The zero-order chi connectivity index (χ0) is 15.3. The molecule has 0 aromatic heterocycles. The van der Waals surface area contributed by atoms with Crippen molar-refractivity contribution >= 4 is 0 Å². The second-order valence-electron chi connectivity index (χ2n) is 7.71. The van der Waals surface area contributed by atoms with Gasteiger partial charge in [-0.05, 0) is 57.5 Å². The summed E-state index contributed by atoms with van der Waals surface area (Å²) < 4.78 is 5.77. The third-order valence-electron chi connectivity index (χ3n) is 5.75. The Hall–Kier alpha value is -0.120. The molecule has 2 unspecified atom stereocenters. The lowest BCUT2D eigenvalue weighted by Crippen LogP contribution is -2.49. The molecule has 0 radical (unpaired) electrons. The van der Waals surface area contributed by atoms with Gasteiger partial charge in [-0.2, -0.15) is 0 Å². The summed E-state index contributed by atoms with van der Waals surface area (Å²) >= 11 is 0. The predicted molar refractivity (Wildman–Crippen MR) is 89.7 cm³/mol. The summed E-state index contributed by atoms with van der Waals surface area (Å²) in [5.41, 5.74) is 0.485. The number of likely N-dealkylation sites (N-methyl/N-ethyl adjacent to an activating group) is 1. The van der Waals surface area contributed by atoms with Crippen molar-refractivity contribution in [2.75, 3.05) is 33.3 Å². The van der Waals surface area contributed by atoms with E-state index in [-0.39, 0.29) is 0 Å². The quantitative estimate of drug-likeness (QED) is 0.730. The van der Waals surface area contributed by atoms with Crippen molar-refractivity contribution in [3.8, 4) is 0 Å². The Kier molecular flexibility index (Phi) is 6.51. The molecule has 2 atom stereocenters. The number of rotatable bonds is 7. The lowest BCUT2D eigenvalue weighted by molar-refractivity contribution is 0.0445. The Morgan fingerprint density at radius 3 is 2.48 bits per heavy atom. The van der Waals surface area contributed by atoms with Crippen LogP contribution in [0.3, 0.4) is 0 Å². The second-order valence-corrected chi connectivity index (χ2v) is 7.71. The zero-order valence-electron chi connectivity index (χ0n) is 14.7. The van der Waals surface area contributed by atoms with Gasteiger partial charge in [0.05, 0.1) is 6.10 Å². The van der Waals surface area contributed by atoms with Gasteiger partial charge >= 0.3 is 0 Å².